The summed E-state index contributed by atoms with van der Waals surface area (Å²) in [6.45, 7) is -10.4. The number of hydrogen-bond acceptors (Lipinski definition) is 2. The maximum Gasteiger partial charge on any atom is 0.0592 e. The van der Waals surface area contributed by atoms with E-state index in [1.807, 2.05) is 0 Å². The molecule has 1 fully saturated rings. The summed E-state index contributed by atoms with van der Waals surface area (Å²) in [7, 11) is 0. The highest BCUT2D eigenvalue weighted by molar-refractivity contribution is 9.10. The fraction of sp³-hybridized carbons (Fsp3) is 0.545. The third-order valence-electron chi connectivity index (χ3n) is 1.57. The summed E-state index contributed by atoms with van der Waals surface area (Å²) in [5.74, 6) is -3.65. The highest BCUT2D eigenvalue weighted by atomic mass is 79.9. The number of halogens is 1. The molecule has 2 heterocycles. The normalized spacial score (nSPS) is 55.6. The van der Waals surface area contributed by atoms with Gasteiger partial charge in [0.1, 0.15) is 0 Å². The molecule has 0 aromatic carbocycles. The zero-order chi connectivity index (χ0) is 20.6. The van der Waals surface area contributed by atoms with Crippen molar-refractivity contribution in [3.05, 3.63) is 22.9 Å². The van der Waals surface area contributed by atoms with Crippen molar-refractivity contribution in [1.29, 1.82) is 0 Å². The van der Waals surface area contributed by atoms with Crippen LogP contribution < -0.4 is 4.90 Å². The third kappa shape index (κ3) is 2.08. The average Bonchev–Trinajstić information content (AvgIpc) is 2.45. The van der Waals surface area contributed by atoms with Crippen LogP contribution in [0.3, 0.4) is 0 Å². The van der Waals surface area contributed by atoms with Gasteiger partial charge in [0.05, 0.1) is 10.2 Å². The lowest BCUT2D eigenvalue weighted by Crippen LogP contribution is -2.34. The van der Waals surface area contributed by atoms with Crippen LogP contribution in [0.15, 0.2) is 22.9 Å². The van der Waals surface area contributed by atoms with Gasteiger partial charge < -0.3 is 4.90 Å². The SMILES string of the molecule is [2H]C([2H])([2H])C1([2H])C([2H])([2H])N(c2ccncc2Br)C([2H])([2H])C([2H])([2H])C1([2H])[2H]. The Morgan fingerprint density at radius 1 is 1.86 bits per heavy atom. The van der Waals surface area contributed by atoms with Crippen LogP contribution in [0.25, 0.3) is 0 Å². The second-order valence-corrected chi connectivity index (χ2v) is 3.37. The van der Waals surface area contributed by atoms with Gasteiger partial charge in [-0.1, -0.05) is 6.85 Å². The van der Waals surface area contributed by atoms with E-state index in [2.05, 4.69) is 20.9 Å². The lowest BCUT2D eigenvalue weighted by atomic mass is 10.00. The van der Waals surface area contributed by atoms with Crippen molar-refractivity contribution in [1.82, 2.24) is 4.98 Å². The van der Waals surface area contributed by atoms with Crippen molar-refractivity contribution in [2.75, 3.05) is 17.9 Å². The Labute approximate surface area is 110 Å². The number of nitrogens with zero attached hydrogens (tertiary/aromatic N) is 2. The Balaban J connectivity index is 2.96. The van der Waals surface area contributed by atoms with Crippen LogP contribution in [-0.2, 0) is 0 Å². The molecular formula is C11H15BrN2. The second kappa shape index (κ2) is 4.30. The Morgan fingerprint density at radius 3 is 3.57 bits per heavy atom. The molecule has 1 saturated heterocycles. The van der Waals surface area contributed by atoms with Crippen LogP contribution in [0.2, 0.25) is 0 Å². The first-order chi connectivity index (χ1) is 11.4. The summed E-state index contributed by atoms with van der Waals surface area (Å²) in [4.78, 5) is 3.91. The number of piperidine rings is 1. The van der Waals surface area contributed by atoms with Gasteiger partial charge in [-0.2, -0.15) is 0 Å². The molecule has 0 bridgehead atoms. The standard InChI is InChI=1S/C11H15BrN2/c1-9-3-2-6-14(8-9)11-4-5-13-7-10(11)12/h4-5,7,9H,2-3,6,8H2,1H3/i1D3,2D2,3D2,6D2,8D2,9D. The van der Waals surface area contributed by atoms with Gasteiger partial charge in [-0.3, -0.25) is 4.98 Å². The molecule has 3 heteroatoms. The summed E-state index contributed by atoms with van der Waals surface area (Å²) in [5, 5.41) is 0. The molecule has 1 aliphatic heterocycles. The summed E-state index contributed by atoms with van der Waals surface area (Å²) in [5.41, 5.74) is -0.296. The average molecular weight is 267 g/mol. The molecule has 14 heavy (non-hydrogen) atoms. The lowest BCUT2D eigenvalue weighted by molar-refractivity contribution is 0.446. The Bertz CT molecular complexity index is 717. The van der Waals surface area contributed by atoms with Gasteiger partial charge >= 0.3 is 0 Å². The fourth-order valence-electron chi connectivity index (χ4n) is 0.984. The summed E-state index contributed by atoms with van der Waals surface area (Å²) in [6.07, 6.45) is -4.92. The van der Waals surface area contributed by atoms with Gasteiger partial charge in [-0.25, -0.2) is 0 Å². The summed E-state index contributed by atoms with van der Waals surface area (Å²) >= 11 is 3.03. The van der Waals surface area contributed by atoms with Crippen LogP contribution in [0.5, 0.6) is 0 Å². The lowest BCUT2D eigenvalue weighted by Gasteiger charge is -2.33. The minimum absolute atomic E-state index is 0.0268. The van der Waals surface area contributed by atoms with Gasteiger partial charge in [0.15, 0.2) is 0 Å². The number of aromatic nitrogens is 1. The van der Waals surface area contributed by atoms with E-state index >= 15 is 0 Å². The van der Waals surface area contributed by atoms with Gasteiger partial charge in [-0.15, -0.1) is 0 Å². The number of hydrogen-bond donors (Lipinski definition) is 0. The van der Waals surface area contributed by atoms with E-state index in [4.69, 9.17) is 16.4 Å². The largest absolute Gasteiger partial charge is 0.370 e. The number of anilines is 1. The van der Waals surface area contributed by atoms with Crippen LogP contribution in [0.4, 0.5) is 5.69 Å². The predicted octanol–water partition coefficient (Wildman–Crippen LogP) is 3.08. The molecule has 76 valence electrons. The quantitative estimate of drug-likeness (QED) is 0.777. The van der Waals surface area contributed by atoms with Crippen molar-refractivity contribution in [3.63, 3.8) is 0 Å². The van der Waals surface area contributed by atoms with Gasteiger partial charge in [0, 0.05) is 41.8 Å². The van der Waals surface area contributed by atoms with Gasteiger partial charge in [0.25, 0.3) is 0 Å². The molecular weight excluding hydrogens is 240 g/mol. The van der Waals surface area contributed by atoms with E-state index in [1.165, 1.54) is 6.20 Å². The van der Waals surface area contributed by atoms with E-state index in [0.29, 0.717) is 0 Å². The maximum atomic E-state index is 8.27. The van der Waals surface area contributed by atoms with Crippen LogP contribution in [0.1, 0.15) is 36.0 Å². The summed E-state index contributed by atoms with van der Waals surface area (Å²) in [6, 6.07) is 1.12. The number of pyridine rings is 1. The second-order valence-electron chi connectivity index (χ2n) is 2.51. The topological polar surface area (TPSA) is 16.1 Å². The van der Waals surface area contributed by atoms with Crippen LogP contribution in [0, 0.1) is 5.89 Å². The smallest absolute Gasteiger partial charge is 0.0592 e. The van der Waals surface area contributed by atoms with Crippen molar-refractivity contribution in [2.24, 2.45) is 5.89 Å². The minimum Gasteiger partial charge on any atom is -0.370 e. The molecule has 0 N–H and O–H groups in total. The molecule has 2 rings (SSSR count). The molecule has 1 aliphatic rings. The molecule has 1 unspecified atom stereocenters. The molecule has 1 aromatic heterocycles. The van der Waals surface area contributed by atoms with E-state index in [-0.39, 0.29) is 15.1 Å². The van der Waals surface area contributed by atoms with E-state index in [9.17, 15) is 0 Å². The third-order valence-corrected chi connectivity index (χ3v) is 2.18. The molecule has 0 radical (unpaired) electrons. The van der Waals surface area contributed by atoms with E-state index in [1.54, 1.807) is 0 Å². The van der Waals surface area contributed by atoms with Crippen molar-refractivity contribution >= 4 is 21.6 Å². The van der Waals surface area contributed by atoms with Gasteiger partial charge in [0.2, 0.25) is 0 Å². The highest BCUT2D eigenvalue weighted by Crippen LogP contribution is 2.28. The zero-order valence-electron chi connectivity index (χ0n) is 19.0. The van der Waals surface area contributed by atoms with Gasteiger partial charge in [-0.05, 0) is 40.6 Å². The first-order valence-corrected chi connectivity index (χ1v) is 4.58. The summed E-state index contributed by atoms with van der Waals surface area (Å²) < 4.78 is 95.8. The monoisotopic (exact) mass is 266 g/mol. The van der Waals surface area contributed by atoms with Crippen molar-refractivity contribution in [3.8, 4) is 0 Å². The molecule has 0 spiro atoms. The van der Waals surface area contributed by atoms with Crippen molar-refractivity contribution in [2.45, 2.75) is 19.6 Å². The predicted molar refractivity (Wildman–Crippen MR) is 62.5 cm³/mol. The van der Waals surface area contributed by atoms with Crippen molar-refractivity contribution < 1.29 is 16.4 Å². The van der Waals surface area contributed by atoms with E-state index < -0.39 is 38.5 Å². The fourth-order valence-corrected chi connectivity index (χ4v) is 1.41. The molecule has 1 aromatic rings. The zero-order valence-corrected chi connectivity index (χ0v) is 8.59. The Morgan fingerprint density at radius 2 is 2.79 bits per heavy atom. The maximum absolute atomic E-state index is 8.27. The van der Waals surface area contributed by atoms with Crippen LogP contribution in [-0.4, -0.2) is 18.0 Å². The number of rotatable bonds is 1. The molecule has 0 amide bonds. The first kappa shape index (κ1) is 2.97. The Kier molecular flexibility index (Phi) is 0.913. The first-order valence-electron chi connectivity index (χ1n) is 9.79. The molecule has 0 aliphatic carbocycles. The molecule has 2 nitrogen and oxygen atoms in total. The Hall–Kier alpha value is -0.570. The van der Waals surface area contributed by atoms with E-state index in [0.717, 1.165) is 12.3 Å². The molecule has 1 atom stereocenters. The highest BCUT2D eigenvalue weighted by Gasteiger charge is 2.17. The minimum atomic E-state index is -3.70. The van der Waals surface area contributed by atoms with Crippen LogP contribution >= 0.6 is 15.9 Å². The molecule has 0 saturated carbocycles.